The summed E-state index contributed by atoms with van der Waals surface area (Å²) >= 11 is 0. The molecule has 0 heterocycles. The number of hydrogen-bond acceptors (Lipinski definition) is 2. The van der Waals surface area contributed by atoms with Crippen molar-refractivity contribution in [3.8, 4) is 0 Å². The van der Waals surface area contributed by atoms with E-state index in [2.05, 4.69) is 33.0 Å². The summed E-state index contributed by atoms with van der Waals surface area (Å²) in [5.74, 6) is 1.74. The highest BCUT2D eigenvalue weighted by Crippen LogP contribution is 2.37. The summed E-state index contributed by atoms with van der Waals surface area (Å²) in [6.45, 7) is 12.2. The first-order chi connectivity index (χ1) is 8.63. The molecule has 2 nitrogen and oxygen atoms in total. The van der Waals surface area contributed by atoms with Gasteiger partial charge in [-0.3, -0.25) is 0 Å². The van der Waals surface area contributed by atoms with Crippen molar-refractivity contribution in [3.05, 3.63) is 0 Å². The lowest BCUT2D eigenvalue weighted by atomic mass is 9.74. The largest absolute Gasteiger partial charge is 0.374 e. The predicted molar refractivity (Wildman–Crippen MR) is 78.9 cm³/mol. The van der Waals surface area contributed by atoms with E-state index in [9.17, 15) is 0 Å². The normalized spacial score (nSPS) is 28.8. The van der Waals surface area contributed by atoms with Gasteiger partial charge in [-0.15, -0.1) is 0 Å². The van der Waals surface area contributed by atoms with E-state index in [-0.39, 0.29) is 5.60 Å². The third kappa shape index (κ3) is 4.89. The number of ether oxygens (including phenoxy) is 1. The molecule has 1 rings (SSSR count). The van der Waals surface area contributed by atoms with Gasteiger partial charge in [0, 0.05) is 13.2 Å². The van der Waals surface area contributed by atoms with Gasteiger partial charge >= 0.3 is 0 Å². The average molecular weight is 255 g/mol. The zero-order valence-corrected chi connectivity index (χ0v) is 12.9. The molecule has 108 valence electrons. The number of hydrogen-bond donors (Lipinski definition) is 1. The number of rotatable bonds is 8. The number of unbranched alkanes of at least 4 members (excludes halogenated alkanes) is 1. The van der Waals surface area contributed by atoms with Gasteiger partial charge in [-0.05, 0) is 50.5 Å². The SMILES string of the molecule is CCCCOC1(CNCC)CCC(C(C)C)CC1. The predicted octanol–water partition coefficient (Wildman–Crippen LogP) is 4.00. The van der Waals surface area contributed by atoms with Crippen LogP contribution in [0.2, 0.25) is 0 Å². The highest BCUT2D eigenvalue weighted by atomic mass is 16.5. The van der Waals surface area contributed by atoms with Crippen molar-refractivity contribution in [1.82, 2.24) is 5.32 Å². The summed E-state index contributed by atoms with van der Waals surface area (Å²) in [6.07, 6.45) is 7.59. The maximum Gasteiger partial charge on any atom is 0.0806 e. The number of nitrogens with one attached hydrogen (secondary N) is 1. The van der Waals surface area contributed by atoms with E-state index in [1.54, 1.807) is 0 Å². The first-order valence-corrected chi connectivity index (χ1v) is 7.98. The van der Waals surface area contributed by atoms with Crippen LogP contribution in [-0.2, 0) is 4.74 Å². The van der Waals surface area contributed by atoms with Gasteiger partial charge in [-0.2, -0.15) is 0 Å². The van der Waals surface area contributed by atoms with Crippen molar-refractivity contribution in [3.63, 3.8) is 0 Å². The summed E-state index contributed by atoms with van der Waals surface area (Å²) in [5, 5.41) is 3.50. The lowest BCUT2D eigenvalue weighted by Gasteiger charge is -2.41. The molecular formula is C16H33NO. The Morgan fingerprint density at radius 1 is 1.22 bits per heavy atom. The second-order valence-electron chi connectivity index (χ2n) is 6.25. The molecule has 18 heavy (non-hydrogen) atoms. The van der Waals surface area contributed by atoms with Gasteiger partial charge in [0.05, 0.1) is 5.60 Å². The Bertz CT molecular complexity index is 207. The summed E-state index contributed by atoms with van der Waals surface area (Å²) in [7, 11) is 0. The topological polar surface area (TPSA) is 21.3 Å². The van der Waals surface area contributed by atoms with E-state index in [4.69, 9.17) is 4.74 Å². The van der Waals surface area contributed by atoms with E-state index in [1.165, 1.54) is 38.5 Å². The van der Waals surface area contributed by atoms with Crippen molar-refractivity contribution < 1.29 is 4.74 Å². The second-order valence-corrected chi connectivity index (χ2v) is 6.25. The molecule has 0 unspecified atom stereocenters. The molecule has 0 bridgehead atoms. The van der Waals surface area contributed by atoms with Crippen molar-refractivity contribution in [2.24, 2.45) is 11.8 Å². The van der Waals surface area contributed by atoms with Gasteiger partial charge in [0.15, 0.2) is 0 Å². The highest BCUT2D eigenvalue weighted by Gasteiger charge is 2.36. The second kappa shape index (κ2) is 8.16. The van der Waals surface area contributed by atoms with Crippen molar-refractivity contribution >= 4 is 0 Å². The van der Waals surface area contributed by atoms with Gasteiger partial charge in [0.2, 0.25) is 0 Å². The van der Waals surface area contributed by atoms with Gasteiger partial charge < -0.3 is 10.1 Å². The first-order valence-electron chi connectivity index (χ1n) is 7.98. The molecule has 0 spiro atoms. The fourth-order valence-electron chi connectivity index (χ4n) is 2.99. The van der Waals surface area contributed by atoms with E-state index in [1.807, 2.05) is 0 Å². The van der Waals surface area contributed by atoms with E-state index >= 15 is 0 Å². The monoisotopic (exact) mass is 255 g/mol. The Morgan fingerprint density at radius 2 is 1.89 bits per heavy atom. The molecule has 2 heteroatoms. The van der Waals surface area contributed by atoms with Crippen molar-refractivity contribution in [1.29, 1.82) is 0 Å². The third-order valence-electron chi connectivity index (χ3n) is 4.49. The van der Waals surface area contributed by atoms with Crippen LogP contribution in [0.25, 0.3) is 0 Å². The van der Waals surface area contributed by atoms with Crippen LogP contribution >= 0.6 is 0 Å². The molecule has 1 N–H and O–H groups in total. The van der Waals surface area contributed by atoms with Crippen LogP contribution in [0.1, 0.15) is 66.2 Å². The molecule has 1 fully saturated rings. The number of likely N-dealkylation sites (N-methyl/N-ethyl adjacent to an activating group) is 1. The zero-order valence-electron chi connectivity index (χ0n) is 12.9. The maximum absolute atomic E-state index is 6.28. The van der Waals surface area contributed by atoms with Crippen LogP contribution in [-0.4, -0.2) is 25.3 Å². The Morgan fingerprint density at radius 3 is 2.39 bits per heavy atom. The minimum absolute atomic E-state index is 0.135. The maximum atomic E-state index is 6.28. The molecule has 1 saturated carbocycles. The van der Waals surface area contributed by atoms with Crippen LogP contribution in [0.5, 0.6) is 0 Å². The molecule has 0 aromatic heterocycles. The average Bonchev–Trinajstić information content (AvgIpc) is 2.37. The van der Waals surface area contributed by atoms with Crippen LogP contribution in [0.4, 0.5) is 0 Å². The Hall–Kier alpha value is -0.0800. The minimum Gasteiger partial charge on any atom is -0.374 e. The van der Waals surface area contributed by atoms with Gasteiger partial charge in [-0.25, -0.2) is 0 Å². The fraction of sp³-hybridized carbons (Fsp3) is 1.00. The molecular weight excluding hydrogens is 222 g/mol. The summed E-state index contributed by atoms with van der Waals surface area (Å²) in [5.41, 5.74) is 0.135. The molecule has 0 atom stereocenters. The van der Waals surface area contributed by atoms with Crippen LogP contribution in [0, 0.1) is 11.8 Å². The standard InChI is InChI=1S/C16H33NO/c1-5-7-12-18-16(13-17-6-2)10-8-15(9-11-16)14(3)4/h14-15,17H,5-13H2,1-4H3. The Kier molecular flexibility index (Phi) is 7.25. The van der Waals surface area contributed by atoms with Crippen molar-refractivity contribution in [2.75, 3.05) is 19.7 Å². The summed E-state index contributed by atoms with van der Waals surface area (Å²) in [6, 6.07) is 0. The zero-order chi connectivity index (χ0) is 13.4. The molecule has 0 aliphatic heterocycles. The molecule has 0 aromatic rings. The smallest absolute Gasteiger partial charge is 0.0806 e. The van der Waals surface area contributed by atoms with E-state index in [0.29, 0.717) is 0 Å². The lowest BCUT2D eigenvalue weighted by molar-refractivity contribution is -0.0800. The third-order valence-corrected chi connectivity index (χ3v) is 4.49. The van der Waals surface area contributed by atoms with Gasteiger partial charge in [0.25, 0.3) is 0 Å². The molecule has 1 aliphatic carbocycles. The van der Waals surface area contributed by atoms with Crippen LogP contribution in [0.15, 0.2) is 0 Å². The van der Waals surface area contributed by atoms with Gasteiger partial charge in [0.1, 0.15) is 0 Å². The van der Waals surface area contributed by atoms with Crippen LogP contribution < -0.4 is 5.32 Å². The molecule has 0 amide bonds. The van der Waals surface area contributed by atoms with Gasteiger partial charge in [-0.1, -0.05) is 34.1 Å². The molecule has 1 aliphatic rings. The quantitative estimate of drug-likeness (QED) is 0.662. The Labute approximate surface area is 114 Å². The molecule has 0 saturated heterocycles. The molecule has 0 radical (unpaired) electrons. The van der Waals surface area contributed by atoms with Crippen LogP contribution in [0.3, 0.4) is 0 Å². The summed E-state index contributed by atoms with van der Waals surface area (Å²) in [4.78, 5) is 0. The minimum atomic E-state index is 0.135. The highest BCUT2D eigenvalue weighted by molar-refractivity contribution is 4.90. The first kappa shape index (κ1) is 16.0. The summed E-state index contributed by atoms with van der Waals surface area (Å²) < 4.78 is 6.28. The van der Waals surface area contributed by atoms with E-state index in [0.717, 1.165) is 31.5 Å². The lowest BCUT2D eigenvalue weighted by Crippen LogP contribution is -2.46. The van der Waals surface area contributed by atoms with E-state index < -0.39 is 0 Å². The molecule has 0 aromatic carbocycles. The Balaban J connectivity index is 2.46. The fourth-order valence-corrected chi connectivity index (χ4v) is 2.99. The van der Waals surface area contributed by atoms with Crippen molar-refractivity contribution in [2.45, 2.75) is 71.8 Å².